The highest BCUT2D eigenvalue weighted by Crippen LogP contribution is 2.26. The minimum absolute atomic E-state index is 0.829. The fourth-order valence-corrected chi connectivity index (χ4v) is 2.62. The molecule has 4 nitrogen and oxygen atoms in total. The van der Waals surface area contributed by atoms with E-state index < -0.39 is 0 Å². The van der Waals surface area contributed by atoms with E-state index in [9.17, 15) is 0 Å². The Balaban J connectivity index is 1.59. The van der Waals surface area contributed by atoms with Crippen LogP contribution in [0.3, 0.4) is 0 Å². The van der Waals surface area contributed by atoms with Crippen LogP contribution in [0, 0.1) is 0 Å². The van der Waals surface area contributed by atoms with Gasteiger partial charge in [0.1, 0.15) is 5.75 Å². The molecule has 1 aliphatic heterocycles. The van der Waals surface area contributed by atoms with Crippen molar-refractivity contribution in [3.05, 3.63) is 47.8 Å². The molecule has 2 heterocycles. The lowest BCUT2D eigenvalue weighted by Gasteiger charge is -2.20. The molecule has 0 saturated heterocycles. The van der Waals surface area contributed by atoms with Crippen molar-refractivity contribution in [3.8, 4) is 5.75 Å². The third-order valence-corrected chi connectivity index (χ3v) is 3.81. The van der Waals surface area contributed by atoms with E-state index >= 15 is 0 Å². The lowest BCUT2D eigenvalue weighted by Crippen LogP contribution is -2.27. The number of fused-ring (bicyclic) bond motifs is 1. The fraction of sp³-hybridized carbons (Fsp3) is 0.438. The van der Waals surface area contributed by atoms with Crippen LogP contribution in [0.2, 0.25) is 0 Å². The van der Waals surface area contributed by atoms with Crippen LogP contribution in [-0.2, 0) is 19.5 Å². The van der Waals surface area contributed by atoms with Crippen LogP contribution in [0.1, 0.15) is 18.1 Å². The summed E-state index contributed by atoms with van der Waals surface area (Å²) in [5, 5.41) is 4.25. The molecule has 0 N–H and O–H groups in total. The first kappa shape index (κ1) is 13.2. The lowest BCUT2D eigenvalue weighted by atomic mass is 10.1. The number of aromatic nitrogens is 2. The minimum atomic E-state index is 0.829. The molecule has 0 radical (unpaired) electrons. The van der Waals surface area contributed by atoms with E-state index in [2.05, 4.69) is 35.1 Å². The first-order valence-electron chi connectivity index (χ1n) is 7.29. The topological polar surface area (TPSA) is 30.3 Å². The van der Waals surface area contributed by atoms with E-state index in [1.165, 1.54) is 11.1 Å². The van der Waals surface area contributed by atoms with Crippen molar-refractivity contribution < 1.29 is 4.74 Å². The van der Waals surface area contributed by atoms with E-state index in [1.54, 1.807) is 0 Å². The van der Waals surface area contributed by atoms with Gasteiger partial charge >= 0.3 is 0 Å². The SMILES string of the molecule is CCN(CCn1cccn1)Cc1ccc2c(c1)CCO2. The van der Waals surface area contributed by atoms with Gasteiger partial charge in [0.25, 0.3) is 0 Å². The molecule has 0 aliphatic carbocycles. The van der Waals surface area contributed by atoms with Crippen molar-refractivity contribution >= 4 is 0 Å². The molecule has 0 spiro atoms. The van der Waals surface area contributed by atoms with Crippen LogP contribution >= 0.6 is 0 Å². The van der Waals surface area contributed by atoms with Crippen molar-refractivity contribution in [2.75, 3.05) is 19.7 Å². The van der Waals surface area contributed by atoms with E-state index in [1.807, 2.05) is 23.1 Å². The molecule has 1 aromatic carbocycles. The van der Waals surface area contributed by atoms with E-state index in [4.69, 9.17) is 4.74 Å². The monoisotopic (exact) mass is 271 g/mol. The van der Waals surface area contributed by atoms with Gasteiger partial charge in [0, 0.05) is 31.9 Å². The summed E-state index contributed by atoms with van der Waals surface area (Å²) in [6, 6.07) is 8.55. The molecular weight excluding hydrogens is 250 g/mol. The lowest BCUT2D eigenvalue weighted by molar-refractivity contribution is 0.263. The second kappa shape index (κ2) is 6.09. The van der Waals surface area contributed by atoms with Gasteiger partial charge in [0.15, 0.2) is 0 Å². The van der Waals surface area contributed by atoms with Crippen molar-refractivity contribution in [1.82, 2.24) is 14.7 Å². The number of ether oxygens (including phenoxy) is 1. The zero-order valence-corrected chi connectivity index (χ0v) is 12.0. The zero-order chi connectivity index (χ0) is 13.8. The van der Waals surface area contributed by atoms with E-state index in [0.717, 1.165) is 45.0 Å². The van der Waals surface area contributed by atoms with E-state index in [-0.39, 0.29) is 0 Å². The highest BCUT2D eigenvalue weighted by molar-refractivity contribution is 5.39. The summed E-state index contributed by atoms with van der Waals surface area (Å²) >= 11 is 0. The summed E-state index contributed by atoms with van der Waals surface area (Å²) in [4.78, 5) is 2.44. The number of likely N-dealkylation sites (N-methyl/N-ethyl adjacent to an activating group) is 1. The maximum atomic E-state index is 5.56. The Labute approximate surface area is 120 Å². The molecule has 106 valence electrons. The molecule has 2 aromatic rings. The highest BCUT2D eigenvalue weighted by atomic mass is 16.5. The number of benzene rings is 1. The van der Waals surface area contributed by atoms with Crippen LogP contribution in [0.25, 0.3) is 0 Å². The van der Waals surface area contributed by atoms with Crippen molar-refractivity contribution in [2.45, 2.75) is 26.4 Å². The summed E-state index contributed by atoms with van der Waals surface area (Å²) in [5.74, 6) is 1.06. The van der Waals surface area contributed by atoms with Gasteiger partial charge in [-0.2, -0.15) is 5.10 Å². The average Bonchev–Trinajstić information content (AvgIpc) is 3.13. The molecule has 0 unspecified atom stereocenters. The molecule has 1 aromatic heterocycles. The second-order valence-corrected chi connectivity index (χ2v) is 5.18. The van der Waals surface area contributed by atoms with Crippen molar-refractivity contribution in [1.29, 1.82) is 0 Å². The highest BCUT2D eigenvalue weighted by Gasteiger charge is 2.13. The molecule has 0 bridgehead atoms. The largest absolute Gasteiger partial charge is 0.493 e. The van der Waals surface area contributed by atoms with Crippen LogP contribution in [0.15, 0.2) is 36.7 Å². The Morgan fingerprint density at radius 3 is 3.15 bits per heavy atom. The third kappa shape index (κ3) is 3.02. The summed E-state index contributed by atoms with van der Waals surface area (Å²) in [6.07, 6.45) is 4.89. The maximum absolute atomic E-state index is 5.56. The number of hydrogen-bond acceptors (Lipinski definition) is 3. The summed E-state index contributed by atoms with van der Waals surface area (Å²) < 4.78 is 7.54. The van der Waals surface area contributed by atoms with Gasteiger partial charge in [-0.1, -0.05) is 19.1 Å². The smallest absolute Gasteiger partial charge is 0.122 e. The Kier molecular flexibility index (Phi) is 4.02. The molecule has 20 heavy (non-hydrogen) atoms. The number of hydrogen-bond donors (Lipinski definition) is 0. The average molecular weight is 271 g/mol. The number of nitrogens with zero attached hydrogens (tertiary/aromatic N) is 3. The Morgan fingerprint density at radius 1 is 1.40 bits per heavy atom. The third-order valence-electron chi connectivity index (χ3n) is 3.81. The molecule has 0 amide bonds. The standard InChI is InChI=1S/C16H21N3O/c1-2-18(9-10-19-8-3-7-17-19)13-14-4-5-16-15(12-14)6-11-20-16/h3-5,7-8,12H,2,6,9-11,13H2,1H3. The van der Waals surface area contributed by atoms with Gasteiger partial charge in [-0.05, 0) is 29.8 Å². The van der Waals surface area contributed by atoms with Gasteiger partial charge in [0.05, 0.1) is 13.2 Å². The van der Waals surface area contributed by atoms with E-state index in [0.29, 0.717) is 0 Å². The Morgan fingerprint density at radius 2 is 2.35 bits per heavy atom. The molecule has 1 aliphatic rings. The van der Waals surface area contributed by atoms with Crippen LogP contribution in [0.4, 0.5) is 0 Å². The molecule has 0 saturated carbocycles. The number of rotatable bonds is 6. The second-order valence-electron chi connectivity index (χ2n) is 5.18. The minimum Gasteiger partial charge on any atom is -0.493 e. The molecule has 4 heteroatoms. The first-order valence-corrected chi connectivity index (χ1v) is 7.29. The van der Waals surface area contributed by atoms with Crippen LogP contribution < -0.4 is 4.74 Å². The zero-order valence-electron chi connectivity index (χ0n) is 12.0. The van der Waals surface area contributed by atoms with Gasteiger partial charge in [-0.15, -0.1) is 0 Å². The fourth-order valence-electron chi connectivity index (χ4n) is 2.62. The predicted octanol–water partition coefficient (Wildman–Crippen LogP) is 2.34. The van der Waals surface area contributed by atoms with Crippen molar-refractivity contribution in [3.63, 3.8) is 0 Å². The summed E-state index contributed by atoms with van der Waals surface area (Å²) in [5.41, 5.74) is 2.72. The molecule has 0 atom stereocenters. The normalized spacial score (nSPS) is 13.5. The Hall–Kier alpha value is -1.81. The predicted molar refractivity (Wildman–Crippen MR) is 78.8 cm³/mol. The van der Waals surface area contributed by atoms with Gasteiger partial charge in [-0.3, -0.25) is 9.58 Å². The first-order chi connectivity index (χ1) is 9.85. The van der Waals surface area contributed by atoms with Crippen molar-refractivity contribution in [2.24, 2.45) is 0 Å². The Bertz CT molecular complexity index is 551. The molecule has 3 rings (SSSR count). The van der Waals surface area contributed by atoms with Crippen LogP contribution in [-0.4, -0.2) is 34.4 Å². The molecule has 0 fully saturated rings. The summed E-state index contributed by atoms with van der Waals surface area (Å²) in [6.45, 7) is 7.04. The van der Waals surface area contributed by atoms with Gasteiger partial charge in [-0.25, -0.2) is 0 Å². The van der Waals surface area contributed by atoms with Gasteiger partial charge in [0.2, 0.25) is 0 Å². The van der Waals surface area contributed by atoms with Gasteiger partial charge < -0.3 is 4.74 Å². The molecular formula is C16H21N3O. The maximum Gasteiger partial charge on any atom is 0.122 e. The van der Waals surface area contributed by atoms with Crippen LogP contribution in [0.5, 0.6) is 5.75 Å². The summed E-state index contributed by atoms with van der Waals surface area (Å²) in [7, 11) is 0. The quantitative estimate of drug-likeness (QED) is 0.808.